The molecule has 0 N–H and O–H groups in total. The van der Waals surface area contributed by atoms with Gasteiger partial charge >= 0.3 is 0 Å². The van der Waals surface area contributed by atoms with E-state index in [-0.39, 0.29) is 5.91 Å². The second-order valence-corrected chi connectivity index (χ2v) is 5.91. The zero-order valence-corrected chi connectivity index (χ0v) is 13.2. The van der Waals surface area contributed by atoms with Crippen LogP contribution in [0.4, 0.5) is 0 Å². The number of piperidine rings is 1. The Balaban J connectivity index is 0.000000873. The number of hydrogen-bond acceptors (Lipinski definition) is 2. The third-order valence-electron chi connectivity index (χ3n) is 3.29. The summed E-state index contributed by atoms with van der Waals surface area (Å²) >= 11 is 0. The molecule has 0 unspecified atom stereocenters. The van der Waals surface area contributed by atoms with E-state index in [4.69, 9.17) is 0 Å². The summed E-state index contributed by atoms with van der Waals surface area (Å²) in [5, 5.41) is 0. The Kier molecular flexibility index (Phi) is 9.08. The van der Waals surface area contributed by atoms with E-state index in [1.54, 1.807) is 0 Å². The van der Waals surface area contributed by atoms with E-state index < -0.39 is 0 Å². The van der Waals surface area contributed by atoms with Gasteiger partial charge in [-0.15, -0.1) is 0 Å². The van der Waals surface area contributed by atoms with Crippen LogP contribution in [0.15, 0.2) is 0 Å². The van der Waals surface area contributed by atoms with Crippen LogP contribution in [-0.4, -0.2) is 49.4 Å². The van der Waals surface area contributed by atoms with E-state index in [9.17, 15) is 4.79 Å². The van der Waals surface area contributed by atoms with Crippen LogP contribution in [0.5, 0.6) is 0 Å². The van der Waals surface area contributed by atoms with Crippen LogP contribution in [0.3, 0.4) is 0 Å². The van der Waals surface area contributed by atoms with Gasteiger partial charge in [-0.1, -0.05) is 34.1 Å². The van der Waals surface area contributed by atoms with E-state index in [0.717, 1.165) is 24.9 Å². The van der Waals surface area contributed by atoms with Crippen molar-refractivity contribution in [2.75, 3.05) is 33.7 Å². The molecule has 1 saturated heterocycles. The standard InChI is InChI=1S/C12H24N2O.C3H8/c1-10(2)11-5-7-14(8-6-11)12(15)9-13(3)4;1-3-2/h10-11H,5-9H2,1-4H3;3H2,1-2H3. The van der Waals surface area contributed by atoms with Crippen molar-refractivity contribution in [3.05, 3.63) is 0 Å². The van der Waals surface area contributed by atoms with E-state index in [2.05, 4.69) is 27.7 Å². The fraction of sp³-hybridized carbons (Fsp3) is 0.933. The Labute approximate surface area is 114 Å². The van der Waals surface area contributed by atoms with E-state index in [1.807, 2.05) is 23.9 Å². The Bertz CT molecular complexity index is 219. The highest BCUT2D eigenvalue weighted by molar-refractivity contribution is 5.78. The molecule has 0 aromatic heterocycles. The van der Waals surface area contributed by atoms with E-state index >= 15 is 0 Å². The average Bonchev–Trinajstić information content (AvgIpc) is 2.29. The molecule has 108 valence electrons. The summed E-state index contributed by atoms with van der Waals surface area (Å²) in [5.74, 6) is 1.85. The number of likely N-dealkylation sites (N-methyl/N-ethyl adjacent to an activating group) is 1. The van der Waals surface area contributed by atoms with Crippen molar-refractivity contribution < 1.29 is 4.79 Å². The summed E-state index contributed by atoms with van der Waals surface area (Å²) in [6, 6.07) is 0. The zero-order valence-electron chi connectivity index (χ0n) is 13.2. The largest absolute Gasteiger partial charge is 0.342 e. The fourth-order valence-electron chi connectivity index (χ4n) is 2.19. The molecule has 1 fully saturated rings. The molecule has 3 nitrogen and oxygen atoms in total. The van der Waals surface area contributed by atoms with Crippen LogP contribution < -0.4 is 0 Å². The number of hydrogen-bond donors (Lipinski definition) is 0. The highest BCUT2D eigenvalue weighted by Gasteiger charge is 2.24. The molecule has 0 bridgehead atoms. The van der Waals surface area contributed by atoms with Crippen molar-refractivity contribution in [1.29, 1.82) is 0 Å². The van der Waals surface area contributed by atoms with Crippen LogP contribution in [-0.2, 0) is 4.79 Å². The van der Waals surface area contributed by atoms with Gasteiger partial charge in [-0.3, -0.25) is 4.79 Å². The van der Waals surface area contributed by atoms with Crippen molar-refractivity contribution in [1.82, 2.24) is 9.80 Å². The summed E-state index contributed by atoms with van der Waals surface area (Å²) in [6.45, 7) is 11.3. The predicted octanol–water partition coefficient (Wildman–Crippen LogP) is 2.86. The van der Waals surface area contributed by atoms with Gasteiger partial charge < -0.3 is 9.80 Å². The summed E-state index contributed by atoms with van der Waals surface area (Å²) < 4.78 is 0. The third-order valence-corrected chi connectivity index (χ3v) is 3.29. The van der Waals surface area contributed by atoms with Crippen LogP contribution in [0.1, 0.15) is 47.0 Å². The smallest absolute Gasteiger partial charge is 0.236 e. The fourth-order valence-corrected chi connectivity index (χ4v) is 2.19. The van der Waals surface area contributed by atoms with Crippen molar-refractivity contribution in [2.45, 2.75) is 47.0 Å². The van der Waals surface area contributed by atoms with Gasteiger partial charge in [0, 0.05) is 13.1 Å². The summed E-state index contributed by atoms with van der Waals surface area (Å²) in [4.78, 5) is 15.7. The number of nitrogens with zero attached hydrogens (tertiary/aromatic N) is 2. The monoisotopic (exact) mass is 256 g/mol. The molecule has 1 amide bonds. The molecule has 3 heteroatoms. The van der Waals surface area contributed by atoms with Crippen LogP contribution >= 0.6 is 0 Å². The van der Waals surface area contributed by atoms with E-state index in [1.165, 1.54) is 19.3 Å². The Morgan fingerprint density at radius 2 is 1.67 bits per heavy atom. The minimum absolute atomic E-state index is 0.280. The second-order valence-electron chi connectivity index (χ2n) is 5.91. The zero-order chi connectivity index (χ0) is 14.1. The first-order chi connectivity index (χ1) is 8.42. The molecule has 0 spiro atoms. The SMILES string of the molecule is CC(C)C1CCN(C(=O)CN(C)C)CC1.CCC. The first-order valence-electron chi connectivity index (χ1n) is 7.34. The van der Waals surface area contributed by atoms with Gasteiger partial charge in [0.2, 0.25) is 5.91 Å². The molecule has 18 heavy (non-hydrogen) atoms. The lowest BCUT2D eigenvalue weighted by Gasteiger charge is -2.34. The average molecular weight is 256 g/mol. The summed E-state index contributed by atoms with van der Waals surface area (Å²) in [7, 11) is 3.89. The Morgan fingerprint density at radius 1 is 1.22 bits per heavy atom. The van der Waals surface area contributed by atoms with Gasteiger partial charge in [0.1, 0.15) is 0 Å². The molecule has 1 rings (SSSR count). The van der Waals surface area contributed by atoms with Gasteiger partial charge in [0.05, 0.1) is 6.54 Å². The second kappa shape index (κ2) is 9.37. The maximum Gasteiger partial charge on any atom is 0.236 e. The summed E-state index contributed by atoms with van der Waals surface area (Å²) in [6.07, 6.45) is 3.60. The van der Waals surface area contributed by atoms with Crippen LogP contribution in [0, 0.1) is 11.8 Å². The highest BCUT2D eigenvalue weighted by Crippen LogP contribution is 2.24. The highest BCUT2D eigenvalue weighted by atomic mass is 16.2. The molecule has 0 aromatic rings. The first-order valence-corrected chi connectivity index (χ1v) is 7.34. The molecule has 1 heterocycles. The van der Waals surface area contributed by atoms with Crippen molar-refractivity contribution in [3.63, 3.8) is 0 Å². The van der Waals surface area contributed by atoms with Gasteiger partial charge in [-0.25, -0.2) is 0 Å². The number of rotatable bonds is 3. The quantitative estimate of drug-likeness (QED) is 0.775. The number of amides is 1. The molecule has 0 radical (unpaired) electrons. The van der Waals surface area contributed by atoms with Gasteiger partial charge in [-0.2, -0.15) is 0 Å². The van der Waals surface area contributed by atoms with Crippen molar-refractivity contribution in [2.24, 2.45) is 11.8 Å². The van der Waals surface area contributed by atoms with Gasteiger partial charge in [0.15, 0.2) is 0 Å². The minimum atomic E-state index is 0.280. The van der Waals surface area contributed by atoms with Crippen LogP contribution in [0.25, 0.3) is 0 Å². The van der Waals surface area contributed by atoms with Crippen molar-refractivity contribution >= 4 is 5.91 Å². The molecule has 0 aromatic carbocycles. The van der Waals surface area contributed by atoms with E-state index in [0.29, 0.717) is 6.54 Å². The van der Waals surface area contributed by atoms with Gasteiger partial charge in [-0.05, 0) is 38.8 Å². The minimum Gasteiger partial charge on any atom is -0.342 e. The normalized spacial score (nSPS) is 16.8. The summed E-state index contributed by atoms with van der Waals surface area (Å²) in [5.41, 5.74) is 0. The first kappa shape index (κ1) is 17.4. The third kappa shape index (κ3) is 7.00. The lowest BCUT2D eigenvalue weighted by atomic mass is 9.87. The Morgan fingerprint density at radius 3 is 2.00 bits per heavy atom. The number of carbonyl (C=O) groups is 1. The molecule has 1 aliphatic heterocycles. The molecular formula is C15H32N2O. The van der Waals surface area contributed by atoms with Crippen LogP contribution in [0.2, 0.25) is 0 Å². The molecular weight excluding hydrogens is 224 g/mol. The molecule has 1 aliphatic rings. The number of likely N-dealkylation sites (tertiary alicyclic amines) is 1. The van der Waals surface area contributed by atoms with Gasteiger partial charge in [0.25, 0.3) is 0 Å². The Hall–Kier alpha value is -0.570. The molecule has 0 atom stereocenters. The lowest BCUT2D eigenvalue weighted by molar-refractivity contribution is -0.133. The molecule has 0 saturated carbocycles. The maximum atomic E-state index is 11.8. The lowest BCUT2D eigenvalue weighted by Crippen LogP contribution is -2.43. The topological polar surface area (TPSA) is 23.6 Å². The molecule has 0 aliphatic carbocycles. The predicted molar refractivity (Wildman–Crippen MR) is 78.7 cm³/mol. The maximum absolute atomic E-state index is 11.8. The number of carbonyl (C=O) groups excluding carboxylic acids is 1. The van der Waals surface area contributed by atoms with Crippen molar-refractivity contribution in [3.8, 4) is 0 Å².